The largest absolute Gasteiger partial charge is 0.352 e. The summed E-state index contributed by atoms with van der Waals surface area (Å²) in [4.78, 5) is 6.94. The molecular formula is C14H23N3. The molecule has 3 heteroatoms. The Morgan fingerprint density at radius 2 is 2.18 bits per heavy atom. The van der Waals surface area contributed by atoms with Crippen LogP contribution in [0.2, 0.25) is 0 Å². The molecule has 3 nitrogen and oxygen atoms in total. The van der Waals surface area contributed by atoms with E-state index in [0.717, 1.165) is 18.9 Å². The fraction of sp³-hybridized carbons (Fsp3) is 0.643. The van der Waals surface area contributed by atoms with Gasteiger partial charge in [0.05, 0.1) is 0 Å². The minimum Gasteiger partial charge on any atom is -0.352 e. The SMILES string of the molecule is CC(C)(C)c1ccc(N2CCCC2CN)nc1. The van der Waals surface area contributed by atoms with E-state index in [9.17, 15) is 0 Å². The Hall–Kier alpha value is -1.09. The number of hydrogen-bond donors (Lipinski definition) is 1. The van der Waals surface area contributed by atoms with Gasteiger partial charge < -0.3 is 10.6 Å². The maximum atomic E-state index is 5.79. The van der Waals surface area contributed by atoms with Crippen LogP contribution >= 0.6 is 0 Å². The van der Waals surface area contributed by atoms with Crippen molar-refractivity contribution in [1.82, 2.24) is 4.98 Å². The molecule has 0 aromatic carbocycles. The first-order valence-electron chi connectivity index (χ1n) is 6.45. The summed E-state index contributed by atoms with van der Waals surface area (Å²) in [5, 5.41) is 0. The molecule has 1 atom stereocenters. The van der Waals surface area contributed by atoms with Crippen LogP contribution in [0.5, 0.6) is 0 Å². The molecule has 1 saturated heterocycles. The Morgan fingerprint density at radius 1 is 1.41 bits per heavy atom. The maximum absolute atomic E-state index is 5.79. The number of pyridine rings is 1. The first kappa shape index (κ1) is 12.4. The third-order valence-electron chi connectivity index (χ3n) is 3.56. The van der Waals surface area contributed by atoms with Gasteiger partial charge in [0.1, 0.15) is 5.82 Å². The first-order chi connectivity index (χ1) is 8.02. The van der Waals surface area contributed by atoms with Crippen molar-refractivity contribution in [3.05, 3.63) is 23.9 Å². The lowest BCUT2D eigenvalue weighted by molar-refractivity contribution is 0.586. The molecule has 0 saturated carbocycles. The molecular weight excluding hydrogens is 210 g/mol. The van der Waals surface area contributed by atoms with Gasteiger partial charge in [-0.25, -0.2) is 4.98 Å². The van der Waals surface area contributed by atoms with Crippen LogP contribution in [0.3, 0.4) is 0 Å². The molecule has 0 spiro atoms. The van der Waals surface area contributed by atoms with E-state index in [1.54, 1.807) is 0 Å². The van der Waals surface area contributed by atoms with Crippen molar-refractivity contribution in [2.45, 2.75) is 45.1 Å². The van der Waals surface area contributed by atoms with E-state index in [1.807, 2.05) is 6.20 Å². The van der Waals surface area contributed by atoms with Crippen molar-refractivity contribution in [2.75, 3.05) is 18.0 Å². The van der Waals surface area contributed by atoms with Gasteiger partial charge in [0, 0.05) is 25.3 Å². The van der Waals surface area contributed by atoms with Crippen LogP contribution in [0, 0.1) is 0 Å². The summed E-state index contributed by atoms with van der Waals surface area (Å²) in [6, 6.07) is 4.80. The van der Waals surface area contributed by atoms with Crippen LogP contribution in [0.15, 0.2) is 18.3 Å². The monoisotopic (exact) mass is 233 g/mol. The van der Waals surface area contributed by atoms with Gasteiger partial charge >= 0.3 is 0 Å². The third-order valence-corrected chi connectivity index (χ3v) is 3.56. The highest BCUT2D eigenvalue weighted by atomic mass is 15.2. The highest BCUT2D eigenvalue weighted by Gasteiger charge is 2.24. The van der Waals surface area contributed by atoms with Gasteiger partial charge in [0.15, 0.2) is 0 Å². The topological polar surface area (TPSA) is 42.1 Å². The smallest absolute Gasteiger partial charge is 0.128 e. The second-order valence-electron chi connectivity index (χ2n) is 5.88. The van der Waals surface area contributed by atoms with E-state index in [2.05, 4.69) is 42.8 Å². The predicted octanol–water partition coefficient (Wildman–Crippen LogP) is 2.31. The zero-order valence-electron chi connectivity index (χ0n) is 11.1. The van der Waals surface area contributed by atoms with Gasteiger partial charge in [0.2, 0.25) is 0 Å². The molecule has 94 valence electrons. The van der Waals surface area contributed by atoms with E-state index in [-0.39, 0.29) is 5.41 Å². The van der Waals surface area contributed by atoms with E-state index in [0.29, 0.717) is 6.04 Å². The number of rotatable bonds is 2. The third kappa shape index (κ3) is 2.60. The first-order valence-corrected chi connectivity index (χ1v) is 6.45. The molecule has 0 amide bonds. The molecule has 0 bridgehead atoms. The lowest BCUT2D eigenvalue weighted by Gasteiger charge is -2.25. The molecule has 1 aliphatic heterocycles. The number of nitrogens with two attached hydrogens (primary N) is 1. The fourth-order valence-corrected chi connectivity index (χ4v) is 2.38. The Morgan fingerprint density at radius 3 is 2.71 bits per heavy atom. The number of hydrogen-bond acceptors (Lipinski definition) is 3. The van der Waals surface area contributed by atoms with Crippen molar-refractivity contribution in [3.63, 3.8) is 0 Å². The fourth-order valence-electron chi connectivity index (χ4n) is 2.38. The van der Waals surface area contributed by atoms with E-state index >= 15 is 0 Å². The van der Waals surface area contributed by atoms with Crippen molar-refractivity contribution >= 4 is 5.82 Å². The molecule has 1 fully saturated rings. The quantitative estimate of drug-likeness (QED) is 0.852. The minimum atomic E-state index is 0.170. The Bertz CT molecular complexity index is 364. The van der Waals surface area contributed by atoms with Crippen LogP contribution < -0.4 is 10.6 Å². The van der Waals surface area contributed by atoms with Crippen LogP contribution in [0.4, 0.5) is 5.82 Å². The van der Waals surface area contributed by atoms with Crippen LogP contribution in [-0.4, -0.2) is 24.1 Å². The maximum Gasteiger partial charge on any atom is 0.128 e. The highest BCUT2D eigenvalue weighted by molar-refractivity contribution is 5.42. The Labute approximate surface area is 104 Å². The second-order valence-corrected chi connectivity index (χ2v) is 5.88. The van der Waals surface area contributed by atoms with Gasteiger partial charge in [-0.15, -0.1) is 0 Å². The Balaban J connectivity index is 2.18. The molecule has 1 unspecified atom stereocenters. The summed E-state index contributed by atoms with van der Waals surface area (Å²) in [6.07, 6.45) is 4.42. The van der Waals surface area contributed by atoms with E-state index in [1.165, 1.54) is 18.4 Å². The molecule has 0 radical (unpaired) electrons. The summed E-state index contributed by atoms with van der Waals surface area (Å²) < 4.78 is 0. The Kier molecular flexibility index (Phi) is 3.38. The predicted molar refractivity (Wildman–Crippen MR) is 72.4 cm³/mol. The number of nitrogens with zero attached hydrogens (tertiary/aromatic N) is 2. The zero-order chi connectivity index (χ0) is 12.5. The van der Waals surface area contributed by atoms with Crippen LogP contribution in [0.25, 0.3) is 0 Å². The van der Waals surface area contributed by atoms with Crippen molar-refractivity contribution in [2.24, 2.45) is 5.73 Å². The van der Waals surface area contributed by atoms with Crippen molar-refractivity contribution in [1.29, 1.82) is 0 Å². The standard InChI is InChI=1S/C14H23N3/c1-14(2,3)11-6-7-13(16-10-11)17-8-4-5-12(17)9-15/h6-7,10,12H,4-5,8-9,15H2,1-3H3. The molecule has 17 heavy (non-hydrogen) atoms. The van der Waals surface area contributed by atoms with Crippen LogP contribution in [0.1, 0.15) is 39.2 Å². The molecule has 2 N–H and O–H groups in total. The second kappa shape index (κ2) is 4.65. The van der Waals surface area contributed by atoms with Crippen molar-refractivity contribution < 1.29 is 0 Å². The summed E-state index contributed by atoms with van der Waals surface area (Å²) in [7, 11) is 0. The number of aromatic nitrogens is 1. The van der Waals surface area contributed by atoms with Gasteiger partial charge in [-0.1, -0.05) is 26.8 Å². The summed E-state index contributed by atoms with van der Waals surface area (Å²) >= 11 is 0. The van der Waals surface area contributed by atoms with Crippen molar-refractivity contribution in [3.8, 4) is 0 Å². The summed E-state index contributed by atoms with van der Waals surface area (Å²) in [5.41, 5.74) is 7.24. The normalized spacial score (nSPS) is 20.9. The molecule has 2 rings (SSSR count). The van der Waals surface area contributed by atoms with Gasteiger partial charge in [-0.2, -0.15) is 0 Å². The average molecular weight is 233 g/mol. The van der Waals surface area contributed by atoms with Gasteiger partial charge in [0.25, 0.3) is 0 Å². The van der Waals surface area contributed by atoms with Gasteiger partial charge in [-0.3, -0.25) is 0 Å². The average Bonchev–Trinajstić information content (AvgIpc) is 2.76. The lowest BCUT2D eigenvalue weighted by atomic mass is 9.88. The van der Waals surface area contributed by atoms with Gasteiger partial charge in [-0.05, 0) is 29.9 Å². The molecule has 1 aliphatic rings. The molecule has 2 heterocycles. The van der Waals surface area contributed by atoms with E-state index in [4.69, 9.17) is 5.73 Å². The number of anilines is 1. The summed E-state index contributed by atoms with van der Waals surface area (Å²) in [6.45, 7) is 8.44. The molecule has 1 aromatic rings. The zero-order valence-corrected chi connectivity index (χ0v) is 11.1. The summed E-state index contributed by atoms with van der Waals surface area (Å²) in [5.74, 6) is 1.07. The highest BCUT2D eigenvalue weighted by Crippen LogP contribution is 2.26. The molecule has 0 aliphatic carbocycles. The minimum absolute atomic E-state index is 0.170. The van der Waals surface area contributed by atoms with E-state index < -0.39 is 0 Å². The lowest BCUT2D eigenvalue weighted by Crippen LogP contribution is -2.35. The van der Waals surface area contributed by atoms with Crippen LogP contribution in [-0.2, 0) is 5.41 Å². The molecule has 1 aromatic heterocycles.